The van der Waals surface area contributed by atoms with Crippen molar-refractivity contribution in [3.8, 4) is 0 Å². The molecule has 0 aromatic heterocycles. The third-order valence-corrected chi connectivity index (χ3v) is 4.89. The van der Waals surface area contributed by atoms with E-state index in [1.54, 1.807) is 6.92 Å². The molecule has 0 aromatic rings. The molecule has 3 rings (SSSR count). The van der Waals surface area contributed by atoms with Gasteiger partial charge in [-0.1, -0.05) is 37.8 Å². The first-order valence-electron chi connectivity index (χ1n) is 7.95. The number of hydrogen-bond acceptors (Lipinski definition) is 3. The molecule has 1 N–H and O–H groups in total. The van der Waals surface area contributed by atoms with E-state index in [2.05, 4.69) is 11.9 Å². The van der Waals surface area contributed by atoms with Crippen LogP contribution < -0.4 is 5.32 Å². The Hall–Kier alpha value is -1.84. The van der Waals surface area contributed by atoms with Crippen molar-refractivity contribution in [2.24, 2.45) is 17.8 Å². The summed E-state index contributed by atoms with van der Waals surface area (Å²) >= 11 is 0. The molecule has 3 aliphatic rings. The lowest BCUT2D eigenvalue weighted by Gasteiger charge is -2.35. The number of carbonyl (C=O) groups excluding carboxylic acids is 1. The maximum absolute atomic E-state index is 15.0. The Balaban J connectivity index is 2.00. The summed E-state index contributed by atoms with van der Waals surface area (Å²) in [6.45, 7) is 8.12. The topological polar surface area (TPSA) is 38.3 Å². The van der Waals surface area contributed by atoms with Crippen LogP contribution in [0.1, 0.15) is 20.3 Å². The number of nitrogens with one attached hydrogen (secondary N) is 1. The average molecular weight is 303 g/mol. The van der Waals surface area contributed by atoms with Gasteiger partial charge in [-0.2, -0.15) is 0 Å². The van der Waals surface area contributed by atoms with E-state index in [0.717, 1.165) is 5.57 Å². The summed E-state index contributed by atoms with van der Waals surface area (Å²) in [5.41, 5.74) is 2.19. The number of ether oxygens (including phenoxy) is 1. The number of hydrogen-bond donors (Lipinski definition) is 1. The van der Waals surface area contributed by atoms with Crippen LogP contribution in [0.25, 0.3) is 0 Å². The molecule has 0 saturated carbocycles. The normalized spacial score (nSPS) is 36.0. The number of carbonyl (C=O) groups is 1. The van der Waals surface area contributed by atoms with Crippen LogP contribution in [-0.4, -0.2) is 24.8 Å². The Morgan fingerprint density at radius 2 is 2.09 bits per heavy atom. The predicted molar refractivity (Wildman–Crippen MR) is 83.7 cm³/mol. The van der Waals surface area contributed by atoms with Crippen molar-refractivity contribution >= 4 is 5.97 Å². The highest BCUT2D eigenvalue weighted by molar-refractivity contribution is 5.79. The summed E-state index contributed by atoms with van der Waals surface area (Å²) in [5.74, 6) is -1.29. The highest BCUT2D eigenvalue weighted by Gasteiger charge is 2.49. The Kier molecular flexibility index (Phi) is 3.94. The van der Waals surface area contributed by atoms with E-state index in [4.69, 9.17) is 4.74 Å². The number of rotatable bonds is 3. The van der Waals surface area contributed by atoms with Crippen LogP contribution >= 0.6 is 0 Å². The lowest BCUT2D eigenvalue weighted by Crippen LogP contribution is -2.40. The molecule has 2 aliphatic carbocycles. The summed E-state index contributed by atoms with van der Waals surface area (Å²) < 4.78 is 20.2. The van der Waals surface area contributed by atoms with Crippen molar-refractivity contribution in [1.29, 1.82) is 0 Å². The minimum absolute atomic E-state index is 0.0560. The van der Waals surface area contributed by atoms with E-state index in [9.17, 15) is 4.79 Å². The smallest absolute Gasteiger partial charge is 0.313 e. The number of halogens is 1. The van der Waals surface area contributed by atoms with Gasteiger partial charge in [0.15, 0.2) is 0 Å². The molecule has 0 amide bonds. The second-order valence-corrected chi connectivity index (χ2v) is 6.02. The second-order valence-electron chi connectivity index (χ2n) is 6.02. The minimum atomic E-state index is -1.17. The lowest BCUT2D eigenvalue weighted by atomic mass is 9.70. The van der Waals surface area contributed by atoms with E-state index in [-0.39, 0.29) is 17.9 Å². The highest BCUT2D eigenvalue weighted by atomic mass is 19.1. The largest absolute Gasteiger partial charge is 0.466 e. The fraction of sp³-hybridized carbons (Fsp3) is 0.500. The fourth-order valence-corrected chi connectivity index (χ4v) is 3.87. The van der Waals surface area contributed by atoms with Gasteiger partial charge in [-0.15, -0.1) is 0 Å². The standard InChI is InChI=1S/C18H22FNO2/c1-4-11-15(18(21)22-5-2)10(3)14-12-8-6-7-9-13(12)20-17(14)16(11)19/h6-9,11-13,15-16,20H,3-5H2,1-2H3. The molecule has 0 radical (unpaired) electrons. The van der Waals surface area contributed by atoms with Crippen LogP contribution in [0.4, 0.5) is 4.39 Å². The Labute approximate surface area is 130 Å². The summed E-state index contributed by atoms with van der Waals surface area (Å²) in [7, 11) is 0. The molecule has 1 aliphatic heterocycles. The van der Waals surface area contributed by atoms with E-state index >= 15 is 4.39 Å². The molecule has 118 valence electrons. The quantitative estimate of drug-likeness (QED) is 0.814. The van der Waals surface area contributed by atoms with Gasteiger partial charge in [0.1, 0.15) is 6.17 Å². The van der Waals surface area contributed by atoms with E-state index in [1.165, 1.54) is 0 Å². The van der Waals surface area contributed by atoms with Gasteiger partial charge in [-0.3, -0.25) is 4.79 Å². The van der Waals surface area contributed by atoms with Crippen molar-refractivity contribution in [3.05, 3.63) is 47.7 Å². The highest BCUT2D eigenvalue weighted by Crippen LogP contribution is 2.48. The number of alkyl halides is 1. The van der Waals surface area contributed by atoms with E-state index < -0.39 is 18.0 Å². The molecule has 3 nitrogen and oxygen atoms in total. The van der Waals surface area contributed by atoms with Gasteiger partial charge < -0.3 is 10.1 Å². The Morgan fingerprint density at radius 3 is 2.77 bits per heavy atom. The summed E-state index contributed by atoms with van der Waals surface area (Å²) in [6.07, 6.45) is 7.40. The van der Waals surface area contributed by atoms with Gasteiger partial charge in [-0.05, 0) is 24.5 Å². The van der Waals surface area contributed by atoms with Crippen molar-refractivity contribution < 1.29 is 13.9 Å². The summed E-state index contributed by atoms with van der Waals surface area (Å²) in [6, 6.07) is 0.0588. The zero-order chi connectivity index (χ0) is 15.9. The van der Waals surface area contributed by atoms with Crippen LogP contribution in [0.2, 0.25) is 0 Å². The molecule has 5 atom stereocenters. The predicted octanol–water partition coefficient (Wildman–Crippen LogP) is 3.07. The van der Waals surface area contributed by atoms with Crippen molar-refractivity contribution in [2.75, 3.05) is 6.61 Å². The molecule has 0 saturated heterocycles. The summed E-state index contributed by atoms with van der Waals surface area (Å²) in [5, 5.41) is 3.28. The first kappa shape index (κ1) is 15.1. The molecule has 22 heavy (non-hydrogen) atoms. The molecular formula is C18H22FNO2. The van der Waals surface area contributed by atoms with Crippen molar-refractivity contribution in [2.45, 2.75) is 32.5 Å². The average Bonchev–Trinajstić information content (AvgIpc) is 2.90. The maximum Gasteiger partial charge on any atom is 0.313 e. The van der Waals surface area contributed by atoms with Crippen LogP contribution in [0.15, 0.2) is 47.7 Å². The van der Waals surface area contributed by atoms with Crippen LogP contribution in [0.5, 0.6) is 0 Å². The minimum Gasteiger partial charge on any atom is -0.466 e. The maximum atomic E-state index is 15.0. The lowest BCUT2D eigenvalue weighted by molar-refractivity contribution is -0.149. The van der Waals surface area contributed by atoms with Gasteiger partial charge in [0.05, 0.1) is 24.3 Å². The van der Waals surface area contributed by atoms with Gasteiger partial charge in [0.25, 0.3) is 0 Å². The summed E-state index contributed by atoms with van der Waals surface area (Å²) in [4.78, 5) is 12.3. The van der Waals surface area contributed by atoms with Gasteiger partial charge in [-0.25, -0.2) is 4.39 Å². The van der Waals surface area contributed by atoms with Crippen molar-refractivity contribution in [1.82, 2.24) is 5.32 Å². The Morgan fingerprint density at radius 1 is 1.36 bits per heavy atom. The van der Waals surface area contributed by atoms with Crippen LogP contribution in [0, 0.1) is 17.8 Å². The Bertz CT molecular complexity index is 590. The molecular weight excluding hydrogens is 281 g/mol. The first-order valence-corrected chi connectivity index (χ1v) is 7.95. The molecule has 0 spiro atoms. The van der Waals surface area contributed by atoms with Gasteiger partial charge >= 0.3 is 5.97 Å². The van der Waals surface area contributed by atoms with Gasteiger partial charge in [0, 0.05) is 11.8 Å². The van der Waals surface area contributed by atoms with E-state index in [0.29, 0.717) is 24.3 Å². The zero-order valence-electron chi connectivity index (χ0n) is 13.0. The van der Waals surface area contributed by atoms with Crippen molar-refractivity contribution in [3.63, 3.8) is 0 Å². The number of allylic oxidation sites excluding steroid dienone is 3. The number of esters is 1. The molecule has 4 heteroatoms. The third-order valence-electron chi connectivity index (χ3n) is 4.89. The SMILES string of the molecule is C=C1C2=C(NC3C=CC=CC23)C(F)C(CC)C1C(=O)OCC. The van der Waals surface area contributed by atoms with Gasteiger partial charge in [0.2, 0.25) is 0 Å². The fourth-order valence-electron chi connectivity index (χ4n) is 3.87. The van der Waals surface area contributed by atoms with E-state index in [1.807, 2.05) is 31.2 Å². The van der Waals surface area contributed by atoms with Crippen LogP contribution in [0.3, 0.4) is 0 Å². The molecule has 5 unspecified atom stereocenters. The zero-order valence-corrected chi connectivity index (χ0v) is 13.0. The molecule has 0 aromatic carbocycles. The first-order chi connectivity index (χ1) is 10.6. The molecule has 0 fully saturated rings. The third kappa shape index (κ3) is 2.13. The molecule has 1 heterocycles. The molecule has 0 bridgehead atoms. The van der Waals surface area contributed by atoms with Crippen LogP contribution in [-0.2, 0) is 9.53 Å². The number of fused-ring (bicyclic) bond motifs is 2. The monoisotopic (exact) mass is 303 g/mol. The second kappa shape index (κ2) is 5.75.